The van der Waals surface area contributed by atoms with Gasteiger partial charge in [0.05, 0.1) is 8.66 Å². The topological polar surface area (TPSA) is 43.1 Å². The third-order valence-corrected chi connectivity index (χ3v) is 4.37. The number of hydrogen-bond acceptors (Lipinski definition) is 3. The fourth-order valence-electron chi connectivity index (χ4n) is 1.25. The monoisotopic (exact) mass is 359 g/mol. The second-order valence-electron chi connectivity index (χ2n) is 3.17. The van der Waals surface area contributed by atoms with Gasteiger partial charge in [0.25, 0.3) is 0 Å². The molecule has 0 aliphatic carbocycles. The van der Waals surface area contributed by atoms with Gasteiger partial charge in [0.2, 0.25) is 5.78 Å². The minimum atomic E-state index is 0.0106. The van der Waals surface area contributed by atoms with Crippen LogP contribution in [0.3, 0.4) is 0 Å². The Hall–Kier alpha value is -0.650. The molecule has 0 fully saturated rings. The third kappa shape index (κ3) is 2.36. The van der Waals surface area contributed by atoms with Crippen molar-refractivity contribution < 1.29 is 4.79 Å². The lowest BCUT2D eigenvalue weighted by molar-refractivity contribution is 0.104. The Morgan fingerprint density at radius 3 is 2.50 bits per heavy atom. The van der Waals surface area contributed by atoms with Crippen molar-refractivity contribution in [3.8, 4) is 0 Å². The van der Waals surface area contributed by atoms with E-state index in [9.17, 15) is 4.79 Å². The number of carbonyl (C=O) groups excluding carboxylic acids is 1. The molecule has 0 atom stereocenters. The van der Waals surface area contributed by atoms with E-state index in [0.717, 1.165) is 8.26 Å². The standard InChI is InChI=1S/C11H7Br2NOS/c12-7-5-6(1-2-8(7)14)11(15)9-3-4-10(13)16-9/h1-5H,14H2. The van der Waals surface area contributed by atoms with E-state index in [1.807, 2.05) is 6.07 Å². The minimum Gasteiger partial charge on any atom is -0.398 e. The molecule has 1 aromatic carbocycles. The molecule has 16 heavy (non-hydrogen) atoms. The van der Waals surface area contributed by atoms with Crippen LogP contribution < -0.4 is 5.73 Å². The quantitative estimate of drug-likeness (QED) is 0.647. The Morgan fingerprint density at radius 2 is 1.94 bits per heavy atom. The molecule has 0 unspecified atom stereocenters. The fraction of sp³-hybridized carbons (Fsp3) is 0. The predicted molar refractivity (Wildman–Crippen MR) is 74.0 cm³/mol. The van der Waals surface area contributed by atoms with Gasteiger partial charge in [-0.15, -0.1) is 11.3 Å². The van der Waals surface area contributed by atoms with E-state index in [2.05, 4.69) is 31.9 Å². The molecule has 2 N–H and O–H groups in total. The highest BCUT2D eigenvalue weighted by molar-refractivity contribution is 9.11. The number of carbonyl (C=O) groups is 1. The maximum Gasteiger partial charge on any atom is 0.203 e. The van der Waals surface area contributed by atoms with E-state index in [-0.39, 0.29) is 5.78 Å². The van der Waals surface area contributed by atoms with E-state index in [0.29, 0.717) is 16.1 Å². The average molecular weight is 361 g/mol. The van der Waals surface area contributed by atoms with Crippen LogP contribution in [0.25, 0.3) is 0 Å². The molecule has 0 aliphatic heterocycles. The summed E-state index contributed by atoms with van der Waals surface area (Å²) >= 11 is 8.07. The summed E-state index contributed by atoms with van der Waals surface area (Å²) in [7, 11) is 0. The Bertz CT molecular complexity index is 551. The minimum absolute atomic E-state index is 0.0106. The molecule has 82 valence electrons. The molecule has 0 bridgehead atoms. The number of benzene rings is 1. The zero-order chi connectivity index (χ0) is 11.7. The summed E-state index contributed by atoms with van der Waals surface area (Å²) in [5.74, 6) is 0.0106. The normalized spacial score (nSPS) is 10.4. The van der Waals surface area contributed by atoms with Crippen molar-refractivity contribution in [1.82, 2.24) is 0 Å². The van der Waals surface area contributed by atoms with Gasteiger partial charge in [-0.1, -0.05) is 0 Å². The lowest BCUT2D eigenvalue weighted by atomic mass is 10.1. The van der Waals surface area contributed by atoms with Crippen molar-refractivity contribution in [2.24, 2.45) is 0 Å². The predicted octanol–water partition coefficient (Wildman–Crippen LogP) is 4.09. The Balaban J connectivity index is 2.38. The van der Waals surface area contributed by atoms with Gasteiger partial charge in [0.1, 0.15) is 0 Å². The van der Waals surface area contributed by atoms with Crippen molar-refractivity contribution >= 4 is 54.7 Å². The van der Waals surface area contributed by atoms with Crippen LogP contribution in [0.5, 0.6) is 0 Å². The highest BCUT2D eigenvalue weighted by Crippen LogP contribution is 2.26. The first kappa shape index (κ1) is 11.8. The molecule has 2 nitrogen and oxygen atoms in total. The molecule has 0 radical (unpaired) electrons. The fourth-order valence-corrected chi connectivity index (χ4v) is 2.97. The van der Waals surface area contributed by atoms with Gasteiger partial charge in [0, 0.05) is 15.7 Å². The van der Waals surface area contributed by atoms with Gasteiger partial charge >= 0.3 is 0 Å². The van der Waals surface area contributed by atoms with E-state index in [4.69, 9.17) is 5.73 Å². The van der Waals surface area contributed by atoms with Gasteiger partial charge in [0.15, 0.2) is 0 Å². The number of rotatable bonds is 2. The van der Waals surface area contributed by atoms with Crippen LogP contribution in [0.4, 0.5) is 5.69 Å². The van der Waals surface area contributed by atoms with Crippen molar-refractivity contribution in [3.63, 3.8) is 0 Å². The second kappa shape index (κ2) is 4.69. The first-order valence-corrected chi connectivity index (χ1v) is 6.83. The molecule has 0 saturated carbocycles. The third-order valence-electron chi connectivity index (χ3n) is 2.06. The highest BCUT2D eigenvalue weighted by Gasteiger charge is 2.12. The van der Waals surface area contributed by atoms with Crippen molar-refractivity contribution in [3.05, 3.63) is 49.0 Å². The number of anilines is 1. The van der Waals surface area contributed by atoms with Crippen LogP contribution in [0, 0.1) is 0 Å². The van der Waals surface area contributed by atoms with Gasteiger partial charge in [-0.05, 0) is 62.2 Å². The van der Waals surface area contributed by atoms with E-state index < -0.39 is 0 Å². The van der Waals surface area contributed by atoms with Crippen LogP contribution in [-0.4, -0.2) is 5.78 Å². The maximum atomic E-state index is 12.1. The lowest BCUT2D eigenvalue weighted by Crippen LogP contribution is -1.99. The lowest BCUT2D eigenvalue weighted by Gasteiger charge is -2.01. The number of ketones is 1. The second-order valence-corrected chi connectivity index (χ2v) is 6.49. The van der Waals surface area contributed by atoms with Crippen molar-refractivity contribution in [2.75, 3.05) is 5.73 Å². The summed E-state index contributed by atoms with van der Waals surface area (Å²) in [6.45, 7) is 0. The zero-order valence-electron chi connectivity index (χ0n) is 8.04. The van der Waals surface area contributed by atoms with E-state index >= 15 is 0 Å². The first-order valence-electron chi connectivity index (χ1n) is 4.43. The first-order chi connectivity index (χ1) is 7.58. The average Bonchev–Trinajstić information content (AvgIpc) is 2.68. The van der Waals surface area contributed by atoms with Gasteiger partial charge < -0.3 is 5.73 Å². The SMILES string of the molecule is Nc1ccc(C(=O)c2ccc(Br)s2)cc1Br. The Morgan fingerprint density at radius 1 is 1.19 bits per heavy atom. The summed E-state index contributed by atoms with van der Waals surface area (Å²) in [5, 5.41) is 0. The zero-order valence-corrected chi connectivity index (χ0v) is 12.0. The van der Waals surface area contributed by atoms with Crippen LogP contribution in [0.15, 0.2) is 38.6 Å². The summed E-state index contributed by atoms with van der Waals surface area (Å²) in [6.07, 6.45) is 0. The number of halogens is 2. The number of thiophene rings is 1. The van der Waals surface area contributed by atoms with Gasteiger partial charge in [-0.25, -0.2) is 0 Å². The molecule has 0 aliphatic rings. The molecule has 0 saturated heterocycles. The molecule has 0 amide bonds. The number of hydrogen-bond donors (Lipinski definition) is 1. The van der Waals surface area contributed by atoms with E-state index in [1.54, 1.807) is 24.3 Å². The summed E-state index contributed by atoms with van der Waals surface area (Å²) in [6, 6.07) is 8.87. The number of nitrogens with two attached hydrogens (primary N) is 1. The molecule has 1 heterocycles. The van der Waals surface area contributed by atoms with Crippen LogP contribution in [0.2, 0.25) is 0 Å². The van der Waals surface area contributed by atoms with Crippen LogP contribution >= 0.6 is 43.2 Å². The maximum absolute atomic E-state index is 12.1. The Labute approximate surface area is 114 Å². The van der Waals surface area contributed by atoms with Gasteiger partial charge in [-0.3, -0.25) is 4.79 Å². The molecule has 1 aromatic heterocycles. The van der Waals surface area contributed by atoms with Crippen molar-refractivity contribution in [1.29, 1.82) is 0 Å². The largest absolute Gasteiger partial charge is 0.398 e. The van der Waals surface area contributed by atoms with Gasteiger partial charge in [-0.2, -0.15) is 0 Å². The Kier molecular flexibility index (Phi) is 3.47. The summed E-state index contributed by atoms with van der Waals surface area (Å²) in [5.41, 5.74) is 6.93. The molecular formula is C11H7Br2NOS. The molecule has 2 rings (SSSR count). The van der Waals surface area contributed by atoms with Crippen LogP contribution in [0.1, 0.15) is 15.2 Å². The van der Waals surface area contributed by atoms with Crippen LogP contribution in [-0.2, 0) is 0 Å². The van der Waals surface area contributed by atoms with E-state index in [1.165, 1.54) is 11.3 Å². The molecule has 0 spiro atoms. The summed E-state index contributed by atoms with van der Waals surface area (Å²) in [4.78, 5) is 12.8. The smallest absolute Gasteiger partial charge is 0.203 e. The molecule has 2 aromatic rings. The highest BCUT2D eigenvalue weighted by atomic mass is 79.9. The van der Waals surface area contributed by atoms with Crippen molar-refractivity contribution in [2.45, 2.75) is 0 Å². The summed E-state index contributed by atoms with van der Waals surface area (Å²) < 4.78 is 1.69. The molecular weight excluding hydrogens is 354 g/mol. The number of nitrogen functional groups attached to an aromatic ring is 1. The molecule has 5 heteroatoms.